The van der Waals surface area contributed by atoms with Gasteiger partial charge in [-0.1, -0.05) is 26.0 Å². The molecule has 120 valence electrons. The van der Waals surface area contributed by atoms with Gasteiger partial charge in [0, 0.05) is 12.6 Å². The smallest absolute Gasteiger partial charge is 0.328 e. The average molecular weight is 306 g/mol. The number of esters is 1. The molecule has 0 fully saturated rings. The van der Waals surface area contributed by atoms with E-state index in [0.717, 1.165) is 5.56 Å². The molecule has 6 heteroatoms. The van der Waals surface area contributed by atoms with Crippen LogP contribution in [-0.2, 0) is 25.5 Å². The summed E-state index contributed by atoms with van der Waals surface area (Å²) in [5.74, 6) is -0.914. The van der Waals surface area contributed by atoms with Gasteiger partial charge in [-0.3, -0.25) is 9.59 Å². The predicted molar refractivity (Wildman–Crippen MR) is 83.2 cm³/mol. The molecule has 1 atom stereocenters. The zero-order valence-corrected chi connectivity index (χ0v) is 13.3. The molecule has 0 saturated heterocycles. The molecular formula is C16H22N2O4. The second kappa shape index (κ2) is 8.17. The van der Waals surface area contributed by atoms with Crippen LogP contribution in [0.15, 0.2) is 24.3 Å². The van der Waals surface area contributed by atoms with E-state index in [9.17, 15) is 14.4 Å². The van der Waals surface area contributed by atoms with Crippen molar-refractivity contribution in [3.8, 4) is 0 Å². The lowest BCUT2D eigenvalue weighted by Crippen LogP contribution is -2.45. The van der Waals surface area contributed by atoms with Crippen LogP contribution in [0.5, 0.6) is 0 Å². The van der Waals surface area contributed by atoms with Crippen molar-refractivity contribution >= 4 is 23.5 Å². The highest BCUT2D eigenvalue weighted by Gasteiger charge is 2.24. The second-order valence-electron chi connectivity index (χ2n) is 5.37. The van der Waals surface area contributed by atoms with Gasteiger partial charge in [0.25, 0.3) is 0 Å². The summed E-state index contributed by atoms with van der Waals surface area (Å²) < 4.78 is 4.68. The Morgan fingerprint density at radius 1 is 1.14 bits per heavy atom. The topological polar surface area (TPSA) is 84.5 Å². The zero-order chi connectivity index (χ0) is 16.7. The third kappa shape index (κ3) is 5.55. The van der Waals surface area contributed by atoms with Crippen molar-refractivity contribution in [2.75, 3.05) is 12.4 Å². The first-order valence-electron chi connectivity index (χ1n) is 7.07. The van der Waals surface area contributed by atoms with Gasteiger partial charge in [-0.25, -0.2) is 4.79 Å². The summed E-state index contributed by atoms with van der Waals surface area (Å²) in [5, 5.41) is 5.33. The summed E-state index contributed by atoms with van der Waals surface area (Å²) in [6.07, 6.45) is 0.153. The predicted octanol–water partition coefficient (Wildman–Crippen LogP) is 1.50. The highest BCUT2D eigenvalue weighted by molar-refractivity contribution is 5.89. The van der Waals surface area contributed by atoms with Crippen LogP contribution in [0.1, 0.15) is 26.3 Å². The van der Waals surface area contributed by atoms with Gasteiger partial charge < -0.3 is 15.4 Å². The molecule has 2 N–H and O–H groups in total. The van der Waals surface area contributed by atoms with Crippen LogP contribution in [0.3, 0.4) is 0 Å². The number of carbonyl (C=O) groups is 3. The average Bonchev–Trinajstić information content (AvgIpc) is 2.45. The molecule has 22 heavy (non-hydrogen) atoms. The third-order valence-corrected chi connectivity index (χ3v) is 3.08. The SMILES string of the molecule is COC(=O)C(NC(=O)Cc1ccc(NC(C)=O)cc1)C(C)C. The minimum Gasteiger partial charge on any atom is -0.467 e. The Morgan fingerprint density at radius 3 is 2.18 bits per heavy atom. The van der Waals surface area contributed by atoms with Crippen LogP contribution in [0.25, 0.3) is 0 Å². The van der Waals surface area contributed by atoms with Gasteiger partial charge in [0.2, 0.25) is 11.8 Å². The molecule has 6 nitrogen and oxygen atoms in total. The standard InChI is InChI=1S/C16H22N2O4/c1-10(2)15(16(21)22-4)18-14(20)9-12-5-7-13(8-6-12)17-11(3)19/h5-8,10,15H,9H2,1-4H3,(H,17,19)(H,18,20). The first kappa shape index (κ1) is 17.7. The van der Waals surface area contributed by atoms with Gasteiger partial charge in [0.15, 0.2) is 0 Å². The van der Waals surface area contributed by atoms with Crippen LogP contribution in [0.2, 0.25) is 0 Å². The number of methoxy groups -OCH3 is 1. The Balaban J connectivity index is 2.64. The maximum Gasteiger partial charge on any atom is 0.328 e. The van der Waals surface area contributed by atoms with E-state index in [2.05, 4.69) is 15.4 Å². The highest BCUT2D eigenvalue weighted by atomic mass is 16.5. The fraction of sp³-hybridized carbons (Fsp3) is 0.438. The number of rotatable bonds is 6. The molecule has 1 aromatic carbocycles. The Bertz CT molecular complexity index is 538. The Hall–Kier alpha value is -2.37. The van der Waals surface area contributed by atoms with Gasteiger partial charge in [-0.15, -0.1) is 0 Å². The van der Waals surface area contributed by atoms with Crippen molar-refractivity contribution < 1.29 is 19.1 Å². The lowest BCUT2D eigenvalue weighted by Gasteiger charge is -2.19. The minimum atomic E-state index is -0.656. The van der Waals surface area contributed by atoms with Gasteiger partial charge in [0.1, 0.15) is 6.04 Å². The Morgan fingerprint density at radius 2 is 1.73 bits per heavy atom. The van der Waals surface area contributed by atoms with Crippen LogP contribution in [0.4, 0.5) is 5.69 Å². The molecule has 0 saturated carbocycles. The highest BCUT2D eigenvalue weighted by Crippen LogP contribution is 2.10. The number of carbonyl (C=O) groups excluding carboxylic acids is 3. The Kier molecular flexibility index (Phi) is 6.56. The maximum absolute atomic E-state index is 12.0. The van der Waals surface area contributed by atoms with E-state index in [-0.39, 0.29) is 24.2 Å². The van der Waals surface area contributed by atoms with Crippen LogP contribution in [-0.4, -0.2) is 30.9 Å². The van der Waals surface area contributed by atoms with E-state index in [4.69, 9.17) is 0 Å². The third-order valence-electron chi connectivity index (χ3n) is 3.08. The number of nitrogens with one attached hydrogen (secondary N) is 2. The molecule has 0 heterocycles. The molecule has 0 spiro atoms. The summed E-state index contributed by atoms with van der Waals surface area (Å²) in [6, 6.07) is 6.31. The largest absolute Gasteiger partial charge is 0.467 e. The first-order valence-corrected chi connectivity index (χ1v) is 7.07. The molecule has 0 aliphatic heterocycles. The first-order chi connectivity index (χ1) is 10.3. The molecule has 0 aliphatic carbocycles. The molecule has 2 amide bonds. The summed E-state index contributed by atoms with van der Waals surface area (Å²) in [5.41, 5.74) is 1.46. The molecule has 0 radical (unpaired) electrons. The van der Waals surface area contributed by atoms with E-state index in [1.54, 1.807) is 24.3 Å². The fourth-order valence-corrected chi connectivity index (χ4v) is 1.94. The van der Waals surface area contributed by atoms with Crippen molar-refractivity contribution in [3.05, 3.63) is 29.8 Å². The monoisotopic (exact) mass is 306 g/mol. The summed E-state index contributed by atoms with van der Waals surface area (Å²) in [4.78, 5) is 34.6. The zero-order valence-electron chi connectivity index (χ0n) is 13.3. The van der Waals surface area contributed by atoms with E-state index in [0.29, 0.717) is 5.69 Å². The number of hydrogen-bond donors (Lipinski definition) is 2. The molecule has 1 aromatic rings. The van der Waals surface area contributed by atoms with Gasteiger partial charge >= 0.3 is 5.97 Å². The molecule has 0 aromatic heterocycles. The van der Waals surface area contributed by atoms with Crippen LogP contribution >= 0.6 is 0 Å². The molecule has 0 bridgehead atoms. The van der Waals surface area contributed by atoms with E-state index < -0.39 is 12.0 Å². The molecule has 1 unspecified atom stereocenters. The Labute approximate surface area is 130 Å². The quantitative estimate of drug-likeness (QED) is 0.780. The van der Waals surface area contributed by atoms with Gasteiger partial charge in [0.05, 0.1) is 13.5 Å². The van der Waals surface area contributed by atoms with Crippen molar-refractivity contribution in [1.82, 2.24) is 5.32 Å². The number of ether oxygens (including phenoxy) is 1. The molecular weight excluding hydrogens is 284 g/mol. The van der Waals surface area contributed by atoms with E-state index in [1.165, 1.54) is 14.0 Å². The normalized spacial score (nSPS) is 11.7. The van der Waals surface area contributed by atoms with Crippen LogP contribution < -0.4 is 10.6 Å². The molecule has 0 aliphatic rings. The van der Waals surface area contributed by atoms with E-state index >= 15 is 0 Å². The van der Waals surface area contributed by atoms with Crippen molar-refractivity contribution in [2.45, 2.75) is 33.2 Å². The summed E-state index contributed by atoms with van der Waals surface area (Å²) >= 11 is 0. The summed E-state index contributed by atoms with van der Waals surface area (Å²) in [7, 11) is 1.30. The fourth-order valence-electron chi connectivity index (χ4n) is 1.94. The second-order valence-corrected chi connectivity index (χ2v) is 5.37. The summed E-state index contributed by atoms with van der Waals surface area (Å²) in [6.45, 7) is 5.11. The van der Waals surface area contributed by atoms with Crippen molar-refractivity contribution in [1.29, 1.82) is 0 Å². The van der Waals surface area contributed by atoms with Crippen LogP contribution in [0, 0.1) is 5.92 Å². The van der Waals surface area contributed by atoms with Crippen molar-refractivity contribution in [3.63, 3.8) is 0 Å². The number of hydrogen-bond acceptors (Lipinski definition) is 4. The molecule has 1 rings (SSSR count). The van der Waals surface area contributed by atoms with E-state index in [1.807, 2.05) is 13.8 Å². The van der Waals surface area contributed by atoms with Gasteiger partial charge in [-0.05, 0) is 23.6 Å². The number of anilines is 1. The number of benzene rings is 1. The lowest BCUT2D eigenvalue weighted by atomic mass is 10.0. The van der Waals surface area contributed by atoms with Gasteiger partial charge in [-0.2, -0.15) is 0 Å². The number of amides is 2. The maximum atomic E-state index is 12.0. The minimum absolute atomic E-state index is 0.0569. The van der Waals surface area contributed by atoms with Crippen molar-refractivity contribution in [2.24, 2.45) is 5.92 Å². The lowest BCUT2D eigenvalue weighted by molar-refractivity contribution is -0.146.